The van der Waals surface area contributed by atoms with Gasteiger partial charge in [-0.3, -0.25) is 14.4 Å². The lowest BCUT2D eigenvalue weighted by Crippen LogP contribution is -2.35. The van der Waals surface area contributed by atoms with Gasteiger partial charge in [-0.05, 0) is 53.4 Å². The Kier molecular flexibility index (Phi) is 10.9. The number of rotatable bonds is 12. The third kappa shape index (κ3) is 9.02. The van der Waals surface area contributed by atoms with Crippen LogP contribution in [-0.4, -0.2) is 52.3 Å². The smallest absolute Gasteiger partial charge is 0.416 e. The highest BCUT2D eigenvalue weighted by molar-refractivity contribution is 5.99. The van der Waals surface area contributed by atoms with Gasteiger partial charge in [0.15, 0.2) is 5.84 Å². The third-order valence-corrected chi connectivity index (χ3v) is 8.57. The Balaban J connectivity index is 1.06. The molecule has 1 aliphatic rings. The van der Waals surface area contributed by atoms with Gasteiger partial charge in [0.1, 0.15) is 18.0 Å². The summed E-state index contributed by atoms with van der Waals surface area (Å²) in [6.07, 6.45) is -4.60. The maximum absolute atomic E-state index is 13.6. The van der Waals surface area contributed by atoms with Gasteiger partial charge in [0, 0.05) is 17.7 Å². The summed E-state index contributed by atoms with van der Waals surface area (Å²) in [6.45, 7) is 1.37. The van der Waals surface area contributed by atoms with Crippen molar-refractivity contribution in [3.05, 3.63) is 148 Å². The van der Waals surface area contributed by atoms with Crippen LogP contribution >= 0.6 is 0 Å². The van der Waals surface area contributed by atoms with Crippen LogP contribution < -0.4 is 15.4 Å². The number of oxime groups is 1. The number of hydrogen-bond donors (Lipinski definition) is 3. The van der Waals surface area contributed by atoms with Crippen molar-refractivity contribution in [2.45, 2.75) is 32.3 Å². The van der Waals surface area contributed by atoms with Crippen LogP contribution in [0.2, 0.25) is 0 Å². The molecule has 1 unspecified atom stereocenters. The van der Waals surface area contributed by atoms with Crippen LogP contribution in [0.3, 0.4) is 0 Å². The van der Waals surface area contributed by atoms with E-state index in [1.165, 1.54) is 43.1 Å². The fraction of sp³-hybridized carbons (Fsp3) is 0.175. The molecule has 11 nitrogen and oxygen atoms in total. The summed E-state index contributed by atoms with van der Waals surface area (Å²) in [5, 5.41) is 19.5. The predicted octanol–water partition coefficient (Wildman–Crippen LogP) is 6.97. The molecule has 3 N–H and O–H groups in total. The van der Waals surface area contributed by atoms with Crippen molar-refractivity contribution in [1.29, 1.82) is 0 Å². The number of alkyl halides is 3. The second-order valence-corrected chi connectivity index (χ2v) is 12.5. The molecule has 0 saturated carbocycles. The molecule has 276 valence electrons. The first-order valence-corrected chi connectivity index (χ1v) is 16.6. The Labute approximate surface area is 308 Å². The van der Waals surface area contributed by atoms with Gasteiger partial charge in [-0.15, -0.1) is 0 Å². The SMILES string of the molecule is COc1ccc(CC(=O)Nc2ccc(C(=O)N(CC(=O)O)Cc3ccc(C4=NOC(c5ccc(-c6ccc(C)cc6)cc5)N4)cc3)nc2)c(C(F)(F)F)c1. The maximum Gasteiger partial charge on any atom is 0.416 e. The Morgan fingerprint density at radius 2 is 1.57 bits per heavy atom. The number of carboxylic acids is 1. The molecule has 0 spiro atoms. The van der Waals surface area contributed by atoms with Crippen molar-refractivity contribution in [1.82, 2.24) is 15.2 Å². The van der Waals surface area contributed by atoms with E-state index in [1.807, 2.05) is 31.2 Å². The summed E-state index contributed by atoms with van der Waals surface area (Å²) in [5.41, 5.74) is 4.42. The number of aryl methyl sites for hydroxylation is 1. The van der Waals surface area contributed by atoms with Gasteiger partial charge in [0.25, 0.3) is 5.91 Å². The van der Waals surface area contributed by atoms with Crippen molar-refractivity contribution in [3.8, 4) is 16.9 Å². The Morgan fingerprint density at radius 3 is 2.19 bits per heavy atom. The number of amides is 2. The zero-order valence-corrected chi connectivity index (χ0v) is 29.1. The minimum Gasteiger partial charge on any atom is -0.497 e. The number of aromatic nitrogens is 1. The Hall–Kier alpha value is -6.70. The van der Waals surface area contributed by atoms with E-state index in [0.717, 1.165) is 33.2 Å². The quantitative estimate of drug-likeness (QED) is 0.125. The predicted molar refractivity (Wildman–Crippen MR) is 193 cm³/mol. The number of ether oxygens (including phenoxy) is 1. The summed E-state index contributed by atoms with van der Waals surface area (Å²) in [4.78, 5) is 48.5. The van der Waals surface area contributed by atoms with Crippen molar-refractivity contribution in [2.24, 2.45) is 5.16 Å². The number of pyridine rings is 1. The Morgan fingerprint density at radius 1 is 0.907 bits per heavy atom. The molecule has 0 saturated heterocycles. The lowest BCUT2D eigenvalue weighted by atomic mass is 10.0. The van der Waals surface area contributed by atoms with Crippen molar-refractivity contribution >= 4 is 29.3 Å². The van der Waals surface area contributed by atoms with Gasteiger partial charge in [-0.1, -0.05) is 89.6 Å². The molecule has 0 radical (unpaired) electrons. The van der Waals surface area contributed by atoms with Crippen LogP contribution in [0.1, 0.15) is 50.1 Å². The first-order valence-electron chi connectivity index (χ1n) is 16.6. The lowest BCUT2D eigenvalue weighted by molar-refractivity contribution is -0.139. The zero-order valence-electron chi connectivity index (χ0n) is 29.1. The van der Waals surface area contributed by atoms with Crippen LogP contribution in [0.25, 0.3) is 11.1 Å². The van der Waals surface area contributed by atoms with E-state index >= 15 is 0 Å². The largest absolute Gasteiger partial charge is 0.497 e. The first kappa shape index (κ1) is 37.1. The number of carboxylic acid groups (broad SMARTS) is 1. The molecule has 5 aromatic rings. The van der Waals surface area contributed by atoms with Gasteiger partial charge >= 0.3 is 12.1 Å². The maximum atomic E-state index is 13.6. The molecule has 54 heavy (non-hydrogen) atoms. The highest BCUT2D eigenvalue weighted by atomic mass is 19.4. The monoisotopic (exact) mass is 737 g/mol. The molecule has 2 amide bonds. The zero-order chi connectivity index (χ0) is 38.4. The molecule has 1 atom stereocenters. The highest BCUT2D eigenvalue weighted by Gasteiger charge is 2.34. The normalized spacial score (nSPS) is 13.6. The molecule has 0 bridgehead atoms. The number of benzene rings is 4. The van der Waals surface area contributed by atoms with Gasteiger partial charge in [-0.25, -0.2) is 4.98 Å². The third-order valence-electron chi connectivity index (χ3n) is 8.57. The van der Waals surface area contributed by atoms with Crippen LogP contribution in [0.5, 0.6) is 5.75 Å². The summed E-state index contributed by atoms with van der Waals surface area (Å²) >= 11 is 0. The molecule has 0 aliphatic carbocycles. The highest BCUT2D eigenvalue weighted by Crippen LogP contribution is 2.35. The second-order valence-electron chi connectivity index (χ2n) is 12.5. The number of amidine groups is 1. The molecular formula is C40H34F3N5O6. The van der Waals surface area contributed by atoms with Gasteiger partial charge < -0.3 is 30.2 Å². The molecule has 0 fully saturated rings. The lowest BCUT2D eigenvalue weighted by Gasteiger charge is -2.21. The standard InChI is InChI=1S/C40H34F3N5O6/c1-24-3-7-26(8-4-24)27-11-13-29(14-12-27)38-46-37(47-54-38)28-9-5-25(6-10-28)22-48(23-36(50)51)39(52)34-18-16-31(21-44-34)45-35(49)19-30-15-17-32(53-2)20-33(30)40(41,42)43/h3-18,20-21,38H,19,22-23H2,1-2H3,(H,45,49)(H,46,47)(H,50,51). The van der Waals surface area contributed by atoms with Gasteiger partial charge in [0.05, 0.1) is 31.0 Å². The number of carbonyl (C=O) groups excluding carboxylic acids is 2. The molecular weight excluding hydrogens is 703 g/mol. The van der Waals surface area contributed by atoms with E-state index in [9.17, 15) is 32.7 Å². The number of nitrogens with one attached hydrogen (secondary N) is 2. The second kappa shape index (κ2) is 15.9. The summed E-state index contributed by atoms with van der Waals surface area (Å²) in [7, 11) is 1.24. The van der Waals surface area contributed by atoms with E-state index < -0.39 is 48.7 Å². The average Bonchev–Trinajstić information content (AvgIpc) is 3.65. The number of aliphatic carboxylic acids is 1. The number of anilines is 1. The van der Waals surface area contributed by atoms with Gasteiger partial charge in [0.2, 0.25) is 12.1 Å². The number of halogens is 3. The van der Waals surface area contributed by atoms with Crippen molar-refractivity contribution < 1.29 is 42.2 Å². The molecule has 14 heteroatoms. The topological polar surface area (TPSA) is 142 Å². The van der Waals surface area contributed by atoms with E-state index in [2.05, 4.69) is 45.0 Å². The van der Waals surface area contributed by atoms with Crippen molar-refractivity contribution in [2.75, 3.05) is 19.0 Å². The van der Waals surface area contributed by atoms with Crippen LogP contribution in [0.4, 0.5) is 18.9 Å². The number of hydrogen-bond acceptors (Lipinski definition) is 8. The summed E-state index contributed by atoms with van der Waals surface area (Å²) in [5.74, 6) is -2.15. The molecule has 4 aromatic carbocycles. The van der Waals surface area contributed by atoms with E-state index in [0.29, 0.717) is 11.4 Å². The first-order chi connectivity index (χ1) is 25.9. The van der Waals surface area contributed by atoms with Crippen LogP contribution in [0.15, 0.2) is 114 Å². The van der Waals surface area contributed by atoms with E-state index in [4.69, 9.17) is 9.57 Å². The molecule has 1 aromatic heterocycles. The van der Waals surface area contributed by atoms with E-state index in [1.54, 1.807) is 24.3 Å². The molecule has 1 aliphatic heterocycles. The van der Waals surface area contributed by atoms with Crippen molar-refractivity contribution in [3.63, 3.8) is 0 Å². The van der Waals surface area contributed by atoms with Gasteiger partial charge in [-0.2, -0.15) is 13.2 Å². The molecule has 6 rings (SSSR count). The average molecular weight is 738 g/mol. The number of carbonyl (C=O) groups is 3. The number of nitrogens with zero attached hydrogens (tertiary/aromatic N) is 3. The minimum absolute atomic E-state index is 0.00168. The number of methoxy groups -OCH3 is 1. The minimum atomic E-state index is -4.70. The van der Waals surface area contributed by atoms with Crippen LogP contribution in [0, 0.1) is 6.92 Å². The summed E-state index contributed by atoms with van der Waals surface area (Å²) in [6, 6.07) is 29.3. The van der Waals surface area contributed by atoms with Crippen LogP contribution in [-0.2, 0) is 33.6 Å². The Bertz CT molecular complexity index is 2170. The summed E-state index contributed by atoms with van der Waals surface area (Å²) < 4.78 is 45.6. The molecule has 2 heterocycles. The van der Waals surface area contributed by atoms with E-state index in [-0.39, 0.29) is 29.2 Å². The fourth-order valence-electron chi connectivity index (χ4n) is 5.75. The fourth-order valence-corrected chi connectivity index (χ4v) is 5.75.